The molecule has 0 aliphatic heterocycles. The summed E-state index contributed by atoms with van der Waals surface area (Å²) in [5, 5.41) is 12.2. The molecular formula is C13H20N2O3. The molecule has 100 valence electrons. The van der Waals surface area contributed by atoms with Crippen LogP contribution in [0.1, 0.15) is 30.1 Å². The lowest BCUT2D eigenvalue weighted by atomic mass is 10.1. The van der Waals surface area contributed by atoms with Gasteiger partial charge in [-0.15, -0.1) is 0 Å². The van der Waals surface area contributed by atoms with Crippen LogP contribution in [0.5, 0.6) is 5.75 Å². The van der Waals surface area contributed by atoms with Crippen molar-refractivity contribution in [1.29, 1.82) is 0 Å². The predicted molar refractivity (Wildman–Crippen MR) is 70.7 cm³/mol. The Morgan fingerprint density at radius 2 is 2.28 bits per heavy atom. The number of carbonyl (C=O) groups excluding carboxylic acids is 1. The summed E-state index contributed by atoms with van der Waals surface area (Å²) in [5.74, 6) is 0.168. The van der Waals surface area contributed by atoms with Crippen molar-refractivity contribution in [3.63, 3.8) is 0 Å². The fourth-order valence-corrected chi connectivity index (χ4v) is 1.64. The standard InChI is InChI=1S/C13H20N2O3/c1-3-4-10(16)8-15-13(17)11-7-9(14)5-6-12(11)18-2/h5-7,10,16H,3-4,8,14H2,1-2H3,(H,15,17). The van der Waals surface area contributed by atoms with Gasteiger partial charge in [-0.25, -0.2) is 0 Å². The minimum absolute atomic E-state index is 0.227. The molecule has 1 aromatic rings. The predicted octanol–water partition coefficient (Wildman–Crippen LogP) is 1.17. The third kappa shape index (κ3) is 3.92. The quantitative estimate of drug-likeness (QED) is 0.663. The maximum Gasteiger partial charge on any atom is 0.255 e. The molecule has 0 saturated carbocycles. The molecule has 1 amide bonds. The van der Waals surface area contributed by atoms with Gasteiger partial charge in [-0.2, -0.15) is 0 Å². The Morgan fingerprint density at radius 1 is 1.56 bits per heavy atom. The number of aliphatic hydroxyl groups is 1. The van der Waals surface area contributed by atoms with Crippen LogP contribution in [0, 0.1) is 0 Å². The smallest absolute Gasteiger partial charge is 0.255 e. The number of ether oxygens (including phenoxy) is 1. The summed E-state index contributed by atoms with van der Waals surface area (Å²) in [6, 6.07) is 4.87. The largest absolute Gasteiger partial charge is 0.496 e. The molecule has 0 radical (unpaired) electrons. The van der Waals surface area contributed by atoms with E-state index in [1.807, 2.05) is 6.92 Å². The lowest BCUT2D eigenvalue weighted by Crippen LogP contribution is -2.32. The molecule has 5 nitrogen and oxygen atoms in total. The van der Waals surface area contributed by atoms with E-state index in [1.165, 1.54) is 7.11 Å². The number of anilines is 1. The Kier molecular flexibility index (Phi) is 5.45. The van der Waals surface area contributed by atoms with E-state index in [2.05, 4.69) is 5.32 Å². The van der Waals surface area contributed by atoms with Gasteiger partial charge < -0.3 is 20.9 Å². The van der Waals surface area contributed by atoms with Gasteiger partial charge in [0.05, 0.1) is 18.8 Å². The first-order chi connectivity index (χ1) is 8.58. The average Bonchev–Trinajstić information content (AvgIpc) is 2.36. The van der Waals surface area contributed by atoms with Gasteiger partial charge in [0, 0.05) is 12.2 Å². The van der Waals surface area contributed by atoms with Gasteiger partial charge in [0.2, 0.25) is 0 Å². The van der Waals surface area contributed by atoms with Crippen molar-refractivity contribution in [3.8, 4) is 5.75 Å². The minimum atomic E-state index is -0.522. The Hall–Kier alpha value is -1.75. The van der Waals surface area contributed by atoms with Crippen LogP contribution in [0.2, 0.25) is 0 Å². The fraction of sp³-hybridized carbons (Fsp3) is 0.462. The van der Waals surface area contributed by atoms with Gasteiger partial charge in [0.1, 0.15) is 5.75 Å². The van der Waals surface area contributed by atoms with E-state index in [0.717, 1.165) is 6.42 Å². The first kappa shape index (κ1) is 14.3. The Morgan fingerprint density at radius 3 is 2.89 bits per heavy atom. The van der Waals surface area contributed by atoms with E-state index in [0.29, 0.717) is 23.4 Å². The van der Waals surface area contributed by atoms with E-state index in [-0.39, 0.29) is 12.5 Å². The van der Waals surface area contributed by atoms with Gasteiger partial charge in [-0.05, 0) is 24.6 Å². The molecule has 4 N–H and O–H groups in total. The monoisotopic (exact) mass is 252 g/mol. The molecule has 0 aliphatic carbocycles. The molecular weight excluding hydrogens is 232 g/mol. The van der Waals surface area contributed by atoms with Gasteiger partial charge in [0.15, 0.2) is 0 Å². The summed E-state index contributed by atoms with van der Waals surface area (Å²) < 4.78 is 5.10. The number of nitrogens with two attached hydrogens (primary N) is 1. The molecule has 0 fully saturated rings. The number of benzene rings is 1. The van der Waals surface area contributed by atoms with Crippen molar-refractivity contribution < 1.29 is 14.6 Å². The Bertz CT molecular complexity index is 407. The van der Waals surface area contributed by atoms with Crippen molar-refractivity contribution in [1.82, 2.24) is 5.32 Å². The Labute approximate surface area is 107 Å². The van der Waals surface area contributed by atoms with Crippen molar-refractivity contribution >= 4 is 11.6 Å². The number of nitrogen functional groups attached to an aromatic ring is 1. The molecule has 1 rings (SSSR count). The van der Waals surface area contributed by atoms with Crippen molar-refractivity contribution in [2.45, 2.75) is 25.9 Å². The normalized spacial score (nSPS) is 11.9. The highest BCUT2D eigenvalue weighted by Crippen LogP contribution is 2.20. The molecule has 0 spiro atoms. The van der Waals surface area contributed by atoms with Crippen LogP contribution in [-0.2, 0) is 0 Å². The van der Waals surface area contributed by atoms with E-state index in [4.69, 9.17) is 10.5 Å². The van der Waals surface area contributed by atoms with Crippen molar-refractivity contribution in [3.05, 3.63) is 23.8 Å². The van der Waals surface area contributed by atoms with Gasteiger partial charge in [-0.3, -0.25) is 4.79 Å². The van der Waals surface area contributed by atoms with Crippen LogP contribution >= 0.6 is 0 Å². The maximum absolute atomic E-state index is 11.9. The molecule has 1 unspecified atom stereocenters. The second-order valence-electron chi connectivity index (χ2n) is 4.11. The molecule has 0 heterocycles. The number of hydrogen-bond acceptors (Lipinski definition) is 4. The first-order valence-corrected chi connectivity index (χ1v) is 5.98. The molecule has 1 atom stereocenters. The van der Waals surface area contributed by atoms with Crippen LogP contribution in [0.15, 0.2) is 18.2 Å². The van der Waals surface area contributed by atoms with Crippen molar-refractivity contribution in [2.24, 2.45) is 0 Å². The lowest BCUT2D eigenvalue weighted by Gasteiger charge is -2.13. The summed E-state index contributed by atoms with van der Waals surface area (Å²) in [4.78, 5) is 11.9. The van der Waals surface area contributed by atoms with Crippen LogP contribution in [0.4, 0.5) is 5.69 Å². The van der Waals surface area contributed by atoms with E-state index >= 15 is 0 Å². The molecule has 18 heavy (non-hydrogen) atoms. The van der Waals surface area contributed by atoms with Crippen LogP contribution in [0.3, 0.4) is 0 Å². The highest BCUT2D eigenvalue weighted by Gasteiger charge is 2.13. The summed E-state index contributed by atoms with van der Waals surface area (Å²) in [5.41, 5.74) is 6.51. The Balaban J connectivity index is 2.68. The number of hydrogen-bond donors (Lipinski definition) is 3. The third-order valence-electron chi connectivity index (χ3n) is 2.59. The number of nitrogens with one attached hydrogen (secondary N) is 1. The highest BCUT2D eigenvalue weighted by molar-refractivity contribution is 5.97. The number of aliphatic hydroxyl groups excluding tert-OH is 1. The molecule has 0 aliphatic rings. The first-order valence-electron chi connectivity index (χ1n) is 5.98. The average molecular weight is 252 g/mol. The summed E-state index contributed by atoms with van der Waals surface area (Å²) >= 11 is 0. The zero-order valence-corrected chi connectivity index (χ0v) is 10.8. The van der Waals surface area contributed by atoms with E-state index in [1.54, 1.807) is 18.2 Å². The zero-order chi connectivity index (χ0) is 13.5. The highest BCUT2D eigenvalue weighted by atomic mass is 16.5. The second kappa shape index (κ2) is 6.86. The van der Waals surface area contributed by atoms with Crippen molar-refractivity contribution in [2.75, 3.05) is 19.4 Å². The van der Waals surface area contributed by atoms with Crippen LogP contribution < -0.4 is 15.8 Å². The number of carbonyl (C=O) groups is 1. The molecule has 5 heteroatoms. The molecule has 0 saturated heterocycles. The van der Waals surface area contributed by atoms with E-state index in [9.17, 15) is 9.90 Å². The molecule has 0 bridgehead atoms. The molecule has 0 aromatic heterocycles. The SMILES string of the molecule is CCCC(O)CNC(=O)c1cc(N)ccc1OC. The van der Waals surface area contributed by atoms with Crippen LogP contribution in [-0.4, -0.2) is 30.8 Å². The molecule has 1 aromatic carbocycles. The topological polar surface area (TPSA) is 84.6 Å². The zero-order valence-electron chi connectivity index (χ0n) is 10.8. The number of methoxy groups -OCH3 is 1. The van der Waals surface area contributed by atoms with Gasteiger partial charge >= 0.3 is 0 Å². The van der Waals surface area contributed by atoms with Gasteiger partial charge in [-0.1, -0.05) is 13.3 Å². The third-order valence-corrected chi connectivity index (χ3v) is 2.59. The number of rotatable bonds is 6. The van der Waals surface area contributed by atoms with E-state index < -0.39 is 6.10 Å². The number of amides is 1. The van der Waals surface area contributed by atoms with Gasteiger partial charge in [0.25, 0.3) is 5.91 Å². The second-order valence-corrected chi connectivity index (χ2v) is 4.11. The fourth-order valence-electron chi connectivity index (χ4n) is 1.64. The summed E-state index contributed by atoms with van der Waals surface area (Å²) in [6.07, 6.45) is 1.01. The summed E-state index contributed by atoms with van der Waals surface area (Å²) in [6.45, 7) is 2.20. The summed E-state index contributed by atoms with van der Waals surface area (Å²) in [7, 11) is 1.49. The minimum Gasteiger partial charge on any atom is -0.496 e. The lowest BCUT2D eigenvalue weighted by molar-refractivity contribution is 0.0907. The maximum atomic E-state index is 11.9. The van der Waals surface area contributed by atoms with Crippen LogP contribution in [0.25, 0.3) is 0 Å².